The first-order chi connectivity index (χ1) is 12.8. The van der Waals surface area contributed by atoms with E-state index in [2.05, 4.69) is 15.1 Å². The van der Waals surface area contributed by atoms with Crippen molar-refractivity contribution in [1.82, 2.24) is 10.3 Å². The number of halogens is 1. The molecule has 2 aromatic rings. The topological polar surface area (TPSA) is 156 Å². The van der Waals surface area contributed by atoms with E-state index in [0.29, 0.717) is 16.8 Å². The summed E-state index contributed by atoms with van der Waals surface area (Å²) in [6, 6.07) is 3.80. The summed E-state index contributed by atoms with van der Waals surface area (Å²) in [5, 5.41) is 22.8. The summed E-state index contributed by atoms with van der Waals surface area (Å²) >= 11 is 5.96. The number of Topliss-reactive ketones (excluding diaryl/α,β-unsaturated/α-hetero) is 1. The smallest absolute Gasteiger partial charge is 0.326 e. The molecule has 1 aromatic heterocycles. The van der Waals surface area contributed by atoms with Crippen molar-refractivity contribution in [2.45, 2.75) is 31.4 Å². The van der Waals surface area contributed by atoms with Gasteiger partial charge in [0.1, 0.15) is 12.1 Å². The summed E-state index contributed by atoms with van der Waals surface area (Å²) in [5.74, 6) is -2.81. The highest BCUT2D eigenvalue weighted by atomic mass is 35.5. The van der Waals surface area contributed by atoms with E-state index in [1.807, 2.05) is 0 Å². The Bertz CT molecular complexity index is 919. The minimum atomic E-state index is -1.49. The van der Waals surface area contributed by atoms with Crippen LogP contribution in [-0.2, 0) is 20.8 Å². The molecule has 1 heterocycles. The highest BCUT2D eigenvalue weighted by molar-refractivity contribution is 6.31. The van der Waals surface area contributed by atoms with Gasteiger partial charge in [0.25, 0.3) is 0 Å². The number of ketones is 1. The highest BCUT2D eigenvalue weighted by Gasteiger charge is 2.25. The number of nitrogens with one attached hydrogen (secondary N) is 2. The maximum atomic E-state index is 12.1. The molecule has 0 saturated carbocycles. The van der Waals surface area contributed by atoms with Gasteiger partial charge in [-0.25, -0.2) is 4.79 Å². The zero-order valence-electron chi connectivity index (χ0n) is 14.1. The third kappa shape index (κ3) is 5.49. The Balaban J connectivity index is 2.01. The second-order valence-electron chi connectivity index (χ2n) is 5.87. The predicted octanol–water partition coefficient (Wildman–Crippen LogP) is 0.944. The lowest BCUT2D eigenvalue weighted by molar-refractivity contribution is -0.143. The number of hydrogen-bond acceptors (Lipinski definition) is 4. The number of benzene rings is 1. The fraction of sp³-hybridized carbons (Fsp3) is 0.294. The molecular formula is C17H17ClN4O5. The lowest BCUT2D eigenvalue weighted by Gasteiger charge is -2.16. The number of carboxylic acids is 1. The first-order valence-corrected chi connectivity index (χ1v) is 8.36. The fourth-order valence-electron chi connectivity index (χ4n) is 2.56. The number of aliphatic carboxylic acids is 1. The van der Waals surface area contributed by atoms with Crippen LogP contribution in [0.5, 0.6) is 0 Å². The van der Waals surface area contributed by atoms with Crippen LogP contribution in [0.15, 0.2) is 24.4 Å². The Morgan fingerprint density at radius 3 is 2.78 bits per heavy atom. The molecule has 0 fully saturated rings. The molecule has 27 heavy (non-hydrogen) atoms. The van der Waals surface area contributed by atoms with Gasteiger partial charge < -0.3 is 26.0 Å². The number of hydrogen-bond donors (Lipinski definition) is 4. The van der Waals surface area contributed by atoms with Gasteiger partial charge in [-0.2, -0.15) is 4.79 Å². The molecule has 0 bridgehead atoms. The van der Waals surface area contributed by atoms with E-state index >= 15 is 0 Å². The number of H-pyrrole nitrogens is 1. The van der Waals surface area contributed by atoms with Gasteiger partial charge >= 0.3 is 12.2 Å². The number of carbonyl (C=O) groups excluding carboxylic acids is 2. The number of aromatic nitrogens is 1. The lowest BCUT2D eigenvalue weighted by atomic mass is 10.0. The van der Waals surface area contributed by atoms with E-state index in [0.717, 1.165) is 10.9 Å². The summed E-state index contributed by atoms with van der Waals surface area (Å²) in [4.78, 5) is 40.2. The highest BCUT2D eigenvalue weighted by Crippen LogP contribution is 2.23. The molecule has 0 spiro atoms. The van der Waals surface area contributed by atoms with Gasteiger partial charge in [0, 0.05) is 35.0 Å². The van der Waals surface area contributed by atoms with E-state index in [1.54, 1.807) is 24.4 Å². The van der Waals surface area contributed by atoms with E-state index in [-0.39, 0.29) is 19.3 Å². The summed E-state index contributed by atoms with van der Waals surface area (Å²) in [7, 11) is 0. The van der Waals surface area contributed by atoms with Crippen LogP contribution in [-0.4, -0.2) is 56.0 Å². The van der Waals surface area contributed by atoms with Crippen LogP contribution in [0.4, 0.5) is 0 Å². The Morgan fingerprint density at radius 2 is 2.11 bits per heavy atom. The number of amides is 1. The molecule has 2 atom stereocenters. The van der Waals surface area contributed by atoms with Gasteiger partial charge in [-0.05, 0) is 30.2 Å². The largest absolute Gasteiger partial charge is 0.480 e. The normalized spacial score (nSPS) is 12.8. The first-order valence-electron chi connectivity index (χ1n) is 7.99. The van der Waals surface area contributed by atoms with Crippen LogP contribution in [0, 0.1) is 0 Å². The van der Waals surface area contributed by atoms with Gasteiger partial charge in [-0.1, -0.05) is 11.6 Å². The van der Waals surface area contributed by atoms with Crippen LogP contribution < -0.4 is 5.32 Å². The third-order valence-corrected chi connectivity index (χ3v) is 4.18. The second kappa shape index (κ2) is 9.09. The number of carboxylic acid groups (broad SMARTS) is 1. The average Bonchev–Trinajstić information content (AvgIpc) is 3.00. The summed E-state index contributed by atoms with van der Waals surface area (Å²) in [5.41, 5.74) is 9.70. The molecular weight excluding hydrogens is 376 g/mol. The van der Waals surface area contributed by atoms with E-state index in [9.17, 15) is 19.5 Å². The van der Waals surface area contributed by atoms with Crippen molar-refractivity contribution in [2.24, 2.45) is 0 Å². The van der Waals surface area contributed by atoms with E-state index < -0.39 is 29.8 Å². The molecule has 1 amide bonds. The maximum Gasteiger partial charge on any atom is 0.326 e. The van der Waals surface area contributed by atoms with Crippen molar-refractivity contribution < 1.29 is 29.4 Å². The summed E-state index contributed by atoms with van der Waals surface area (Å²) in [6.07, 6.45) is 0.310. The maximum absolute atomic E-state index is 12.1. The first kappa shape index (κ1) is 20.3. The van der Waals surface area contributed by atoms with Crippen molar-refractivity contribution in [3.8, 4) is 0 Å². The number of carbonyl (C=O) groups is 3. The average molecular weight is 393 g/mol. The summed E-state index contributed by atoms with van der Waals surface area (Å²) in [6.45, 7) is 0. The van der Waals surface area contributed by atoms with Crippen LogP contribution in [0.3, 0.4) is 0 Å². The Labute approximate surface area is 158 Å². The van der Waals surface area contributed by atoms with Crippen molar-refractivity contribution in [1.29, 1.82) is 0 Å². The van der Waals surface area contributed by atoms with Gasteiger partial charge in [0.15, 0.2) is 0 Å². The molecule has 0 aliphatic carbocycles. The molecule has 0 aliphatic rings. The second-order valence-corrected chi connectivity index (χ2v) is 6.31. The quantitative estimate of drug-likeness (QED) is 0.284. The van der Waals surface area contributed by atoms with Crippen molar-refractivity contribution >= 4 is 46.4 Å². The van der Waals surface area contributed by atoms with Crippen molar-refractivity contribution in [3.63, 3.8) is 0 Å². The van der Waals surface area contributed by atoms with Gasteiger partial charge in [0.2, 0.25) is 11.7 Å². The molecule has 0 unspecified atom stereocenters. The minimum absolute atomic E-state index is 0.0470. The zero-order valence-corrected chi connectivity index (χ0v) is 14.8. The predicted molar refractivity (Wildman–Crippen MR) is 96.5 cm³/mol. The molecule has 4 N–H and O–H groups in total. The molecule has 0 aliphatic heterocycles. The monoisotopic (exact) mass is 392 g/mol. The number of aliphatic hydroxyl groups is 1. The van der Waals surface area contributed by atoms with Gasteiger partial charge in [-0.3, -0.25) is 9.59 Å². The third-order valence-electron chi connectivity index (χ3n) is 3.94. The number of aliphatic hydroxyl groups excluding tert-OH is 1. The molecule has 0 radical (unpaired) electrons. The Hall–Kier alpha value is -3.00. The Kier molecular flexibility index (Phi) is 6.84. The Morgan fingerprint density at radius 1 is 1.37 bits per heavy atom. The van der Waals surface area contributed by atoms with Crippen LogP contribution in [0.25, 0.3) is 16.4 Å². The number of rotatable bonds is 9. The molecule has 1 aromatic carbocycles. The molecule has 9 nitrogen and oxygen atoms in total. The van der Waals surface area contributed by atoms with Crippen LogP contribution in [0.1, 0.15) is 18.4 Å². The fourth-order valence-corrected chi connectivity index (χ4v) is 2.73. The van der Waals surface area contributed by atoms with E-state index in [4.69, 9.17) is 22.2 Å². The van der Waals surface area contributed by atoms with Crippen molar-refractivity contribution in [2.75, 3.05) is 0 Å². The van der Waals surface area contributed by atoms with Crippen LogP contribution in [0.2, 0.25) is 5.02 Å². The SMILES string of the molecule is [N-]=[N+]=CC(=O)CC[C@H](NC(=O)[C@@H](O)Cc1c[nH]c2ccc(Cl)cc12)C(=O)O. The minimum Gasteiger partial charge on any atom is -0.480 e. The summed E-state index contributed by atoms with van der Waals surface area (Å²) < 4.78 is 0. The number of fused-ring (bicyclic) bond motifs is 1. The number of aromatic amines is 1. The van der Waals surface area contributed by atoms with Crippen molar-refractivity contribution in [3.05, 3.63) is 40.5 Å². The number of nitrogens with zero attached hydrogens (tertiary/aromatic N) is 2. The molecule has 142 valence electrons. The lowest BCUT2D eigenvalue weighted by Crippen LogP contribution is -2.46. The standard InChI is InChI=1S/C17H17ClN4O5/c18-10-1-3-13-12(6-10)9(7-20-13)5-15(24)16(25)22-14(17(26)27)4-2-11(23)8-21-19/h1,3,6-8,14-15,20,24H,2,4-5H2,(H,22,25)(H,26,27)/t14-,15-/m0/s1. The molecule has 2 rings (SSSR count). The molecule has 0 saturated heterocycles. The molecule has 10 heteroatoms. The van der Waals surface area contributed by atoms with Gasteiger partial charge in [0.05, 0.1) is 0 Å². The van der Waals surface area contributed by atoms with E-state index in [1.165, 1.54) is 0 Å². The van der Waals surface area contributed by atoms with Gasteiger partial charge in [-0.15, -0.1) is 0 Å². The van der Waals surface area contributed by atoms with Crippen LogP contribution >= 0.6 is 11.6 Å². The zero-order chi connectivity index (χ0) is 20.0.